The summed E-state index contributed by atoms with van der Waals surface area (Å²) in [5.41, 5.74) is 1.48. The van der Waals surface area contributed by atoms with Gasteiger partial charge in [0.25, 0.3) is 23.4 Å². The Kier molecular flexibility index (Phi) is 38.1. The summed E-state index contributed by atoms with van der Waals surface area (Å²) in [6.07, 6.45) is -73.9. The number of methoxy groups -OCH3 is 2. The van der Waals surface area contributed by atoms with Gasteiger partial charge in [0, 0.05) is 52.0 Å². The van der Waals surface area contributed by atoms with Gasteiger partial charge in [-0.1, -0.05) is 84.9 Å². The van der Waals surface area contributed by atoms with Crippen LogP contribution in [-0.4, -0.2) is 459 Å². The standard InChI is InChI=1S/C92H126N4O46/c1-37-59(107)63(111)65(113)85(129-37)135-75-57(95-79(119)47-24-22-43-18-7-9-20-45(43)29-47)81(131-53(35-99)71(75)133-87-69(117)77(67(115)83(125-5)137-87)141-91(89(121)122)31-49(103)55(93-39(3)101)73(139-91)61(109)51(105)33-97)127-26-12-16-41-14-11-15-42(28-41)17-13-27-128-82-58(96-80(120)48-25-23-44-19-8-10-21-46(44)30-48)76(136-86-66(114)64(112)60(108)38(2)130-86)72(54(36-100)132-82)134-88-70(118)78(68(116)84(126-6)138-88)142-92(90(123)124)32-50(104)56(94-40(4)102)74(140-92)62(110)52(106)34-98/h7-11,14-15,18-25,28-30,37-38,49-78,81-88,97-100,103-118H,12-13,16-17,26-27,31-36H2,1-6H3,(H,93,101)(H,94,102)(H,95,119)(H,96,120)(H,121,122)(H,123,124)/t37-,38-,49-,50-,51+,52+,53+,54+,55+,56+,57+,58+,59+,60+,61+,62+,63+,64+,65-,66-,67+,68+,69+,70+,71+,72+,73+,74+,75+,76+,77-,78-,81+,82+,83-,84-,85-,86-,87+,88+,91-,92-/m0/s1. The third-order valence-corrected chi connectivity index (χ3v) is 26.3. The van der Waals surface area contributed by atoms with E-state index in [4.69, 9.17) is 85.3 Å². The highest BCUT2D eigenvalue weighted by Gasteiger charge is 2.65. The number of rotatable bonds is 40. The quantitative estimate of drug-likeness (QED) is 0.0162. The molecule has 0 unspecified atom stereocenters. The van der Waals surface area contributed by atoms with E-state index in [-0.39, 0.29) is 50.0 Å². The zero-order valence-electron chi connectivity index (χ0n) is 77.6. The second kappa shape index (κ2) is 48.7. The number of benzene rings is 5. The summed E-state index contributed by atoms with van der Waals surface area (Å²) in [4.78, 5) is 81.9. The van der Waals surface area contributed by atoms with E-state index < -0.39 is 332 Å². The molecular weight excluding hydrogens is 1900 g/mol. The third-order valence-electron chi connectivity index (χ3n) is 26.3. The van der Waals surface area contributed by atoms with Crippen LogP contribution in [0.4, 0.5) is 0 Å². The first-order chi connectivity index (χ1) is 67.6. The van der Waals surface area contributed by atoms with Crippen molar-refractivity contribution in [3.63, 3.8) is 0 Å². The molecule has 42 atom stereocenters. The lowest BCUT2D eigenvalue weighted by molar-refractivity contribution is -0.408. The van der Waals surface area contributed by atoms with Crippen molar-refractivity contribution in [2.24, 2.45) is 0 Å². The summed E-state index contributed by atoms with van der Waals surface area (Å²) in [7, 11) is 2.00. The minimum Gasteiger partial charge on any atom is -0.477 e. The van der Waals surface area contributed by atoms with Crippen LogP contribution in [0.5, 0.6) is 0 Å². The molecule has 13 rings (SSSR count). The lowest BCUT2D eigenvalue weighted by atomic mass is 9.88. The van der Waals surface area contributed by atoms with Crippen molar-refractivity contribution in [3.05, 3.63) is 131 Å². The molecule has 8 saturated heterocycles. The number of amides is 4. The number of fused-ring (bicyclic) bond motifs is 2. The maximum absolute atomic E-state index is 15.0. The van der Waals surface area contributed by atoms with Gasteiger partial charge in [-0.25, -0.2) is 9.59 Å². The normalized spacial score (nSPS) is 38.7. The van der Waals surface area contributed by atoms with Crippen LogP contribution in [-0.2, 0) is 117 Å². The largest absolute Gasteiger partial charge is 0.477 e. The van der Waals surface area contributed by atoms with Gasteiger partial charge in [0.05, 0.1) is 76.1 Å². The molecule has 142 heavy (non-hydrogen) atoms. The van der Waals surface area contributed by atoms with Crippen molar-refractivity contribution in [2.45, 2.75) is 323 Å². The minimum atomic E-state index is -3.24. The maximum Gasteiger partial charge on any atom is 0.364 e. The van der Waals surface area contributed by atoms with E-state index in [0.29, 0.717) is 21.9 Å². The fourth-order valence-corrected chi connectivity index (χ4v) is 18.7. The molecule has 0 bridgehead atoms. The number of hydrogen-bond acceptors (Lipinski definition) is 44. The fraction of sp³-hybridized carbons (Fsp3) is 0.652. The first-order valence-corrected chi connectivity index (χ1v) is 46.2. The van der Waals surface area contributed by atoms with Gasteiger partial charge in [0.2, 0.25) is 11.8 Å². The summed E-state index contributed by atoms with van der Waals surface area (Å²) >= 11 is 0. The van der Waals surface area contributed by atoms with Crippen LogP contribution in [0.15, 0.2) is 109 Å². The Balaban J connectivity index is 0.759. The lowest BCUT2D eigenvalue weighted by Crippen LogP contribution is -2.71. The second-order valence-electron chi connectivity index (χ2n) is 36.2. The lowest BCUT2D eigenvalue weighted by Gasteiger charge is -2.51. The zero-order chi connectivity index (χ0) is 103. The highest BCUT2D eigenvalue weighted by Crippen LogP contribution is 2.44. The molecule has 5 aromatic rings. The Labute approximate surface area is 810 Å². The van der Waals surface area contributed by atoms with Gasteiger partial charge >= 0.3 is 11.9 Å². The van der Waals surface area contributed by atoms with Crippen molar-refractivity contribution in [1.82, 2.24) is 21.3 Å². The SMILES string of the molecule is CO[C@H]1O[C@@H](O[C@H]2[C@H](O[C@@H]3O[C@@H](C)[C@@H](O)[C@@H](O)[C@@H]3O)[C@@H](NC(=O)c3ccc4ccccc4c3)[C@H](OCCCc3cccc(CCCO[C@@H]4O[C@H](CO)[C@@H](O[C@@H]5O[C@H](OC)[C@H](O)[C@H](O[C@]6(C(=O)O)C[C@H](O)[C@@H](NC(C)=O)[C@H]([C@H](O)[C@H](O)CO)O6)[C@H]5O)[C@H](O[C@@H]5O[C@@H](C)[C@@H](O)[C@@H](O)[C@@H]5O)[C@H]4NC(=O)c4ccc5ccccc5c4)c3)O[C@@H]2CO)[C@H](O)[C@@H](O[C@]2(C(=O)O)C[C@H](O)[C@@H](NC(C)=O)[C@H]([C@H](O)[C@H](O)CO)O2)[C@H]1O. The molecule has 50 nitrogen and oxygen atoms in total. The van der Waals surface area contributed by atoms with E-state index in [1.807, 2.05) is 6.07 Å². The van der Waals surface area contributed by atoms with Crippen molar-refractivity contribution >= 4 is 57.1 Å². The maximum atomic E-state index is 15.0. The summed E-state index contributed by atoms with van der Waals surface area (Å²) in [6, 6.07) is 23.8. The first kappa shape index (κ1) is 111. The van der Waals surface area contributed by atoms with Crippen LogP contribution in [0.1, 0.15) is 85.2 Å². The van der Waals surface area contributed by atoms with E-state index in [1.165, 1.54) is 26.0 Å². The summed E-state index contributed by atoms with van der Waals surface area (Å²) in [5, 5.41) is 260. The molecule has 0 aromatic heterocycles. The zero-order valence-corrected chi connectivity index (χ0v) is 77.6. The number of carboxylic acids is 2. The van der Waals surface area contributed by atoms with E-state index in [0.717, 1.165) is 38.8 Å². The molecule has 0 aliphatic carbocycles. The molecular formula is C92H126N4O46. The van der Waals surface area contributed by atoms with E-state index in [1.54, 1.807) is 91.0 Å². The molecule has 0 saturated carbocycles. The summed E-state index contributed by atoms with van der Waals surface area (Å²) in [5.74, 6) is -14.0. The van der Waals surface area contributed by atoms with Crippen LogP contribution >= 0.6 is 0 Å². The van der Waals surface area contributed by atoms with Crippen molar-refractivity contribution in [2.75, 3.05) is 53.9 Å². The van der Waals surface area contributed by atoms with Crippen molar-refractivity contribution in [1.29, 1.82) is 0 Å². The average Bonchev–Trinajstić information content (AvgIpc) is 0.747. The van der Waals surface area contributed by atoms with Crippen molar-refractivity contribution in [3.8, 4) is 0 Å². The predicted octanol–water partition coefficient (Wildman–Crippen LogP) is -8.71. The number of carbonyl (C=O) groups is 6. The molecule has 8 aliphatic heterocycles. The van der Waals surface area contributed by atoms with Crippen LogP contribution in [0.2, 0.25) is 0 Å². The van der Waals surface area contributed by atoms with Crippen LogP contribution < -0.4 is 21.3 Å². The topological polar surface area (TPSA) is 762 Å². The monoisotopic (exact) mass is 2020 g/mol. The highest BCUT2D eigenvalue weighted by molar-refractivity contribution is 6.00. The Morgan fingerprint density at radius 2 is 0.739 bits per heavy atom. The molecule has 790 valence electrons. The molecule has 8 fully saturated rings. The number of nitrogens with one attached hydrogen (secondary N) is 4. The number of aliphatic hydroxyl groups is 20. The van der Waals surface area contributed by atoms with Gasteiger partial charge in [-0.05, 0) is 96.5 Å². The Morgan fingerprint density at radius 1 is 0.387 bits per heavy atom. The van der Waals surface area contributed by atoms with Crippen LogP contribution in [0, 0.1) is 0 Å². The molecule has 4 amide bonds. The highest BCUT2D eigenvalue weighted by atomic mass is 16.8. The average molecular weight is 2020 g/mol. The number of aliphatic carboxylic acids is 2. The molecule has 0 radical (unpaired) electrons. The second-order valence-corrected chi connectivity index (χ2v) is 36.2. The fourth-order valence-electron chi connectivity index (χ4n) is 18.7. The third kappa shape index (κ3) is 24.8. The number of aryl methyl sites for hydroxylation is 2. The Bertz CT molecular complexity index is 4710. The molecule has 26 N–H and O–H groups in total. The molecule has 5 aromatic carbocycles. The minimum absolute atomic E-state index is 0.0339. The number of carbonyl (C=O) groups excluding carboxylic acids is 4. The van der Waals surface area contributed by atoms with Gasteiger partial charge in [-0.3, -0.25) is 19.2 Å². The van der Waals surface area contributed by atoms with Gasteiger partial charge in [-0.15, -0.1) is 0 Å². The number of hydrogen-bond donors (Lipinski definition) is 26. The van der Waals surface area contributed by atoms with E-state index in [9.17, 15) is 132 Å². The van der Waals surface area contributed by atoms with Gasteiger partial charge < -0.3 is 219 Å². The number of aliphatic hydroxyl groups excluding tert-OH is 20. The smallest absolute Gasteiger partial charge is 0.364 e. The first-order valence-electron chi connectivity index (χ1n) is 46.2. The van der Waals surface area contributed by atoms with Gasteiger partial charge in [-0.2, -0.15) is 0 Å². The molecule has 0 spiro atoms. The Hall–Kier alpha value is -8.08. The number of carboxylic acid groups (broad SMARTS) is 2. The molecule has 8 aliphatic rings. The van der Waals surface area contributed by atoms with E-state index in [2.05, 4.69) is 21.3 Å². The van der Waals surface area contributed by atoms with Gasteiger partial charge in [0.1, 0.15) is 159 Å². The van der Waals surface area contributed by atoms with Crippen molar-refractivity contribution < 1.29 is 226 Å². The Morgan fingerprint density at radius 3 is 1.08 bits per heavy atom. The number of ether oxygens (including phenoxy) is 18. The van der Waals surface area contributed by atoms with Crippen LogP contribution in [0.25, 0.3) is 21.5 Å². The molecule has 8 heterocycles. The molecule has 50 heteroatoms. The van der Waals surface area contributed by atoms with E-state index >= 15 is 9.59 Å². The van der Waals surface area contributed by atoms with Gasteiger partial charge in [0.15, 0.2) is 50.3 Å². The summed E-state index contributed by atoms with van der Waals surface area (Å²) in [6.45, 7) is -0.264. The van der Waals surface area contributed by atoms with Crippen LogP contribution in [0.3, 0.4) is 0 Å². The predicted molar refractivity (Wildman–Crippen MR) is 471 cm³/mol. The summed E-state index contributed by atoms with van der Waals surface area (Å²) < 4.78 is 111.